The minimum Gasteiger partial charge on any atom is -0.325 e. The summed E-state index contributed by atoms with van der Waals surface area (Å²) in [7, 11) is 0. The van der Waals surface area contributed by atoms with Gasteiger partial charge in [-0.05, 0) is 49.2 Å². The summed E-state index contributed by atoms with van der Waals surface area (Å²) < 4.78 is 0. The summed E-state index contributed by atoms with van der Waals surface area (Å²) in [5.41, 5.74) is 3.14. The van der Waals surface area contributed by atoms with Gasteiger partial charge in [-0.15, -0.1) is 0 Å². The first-order valence-electron chi connectivity index (χ1n) is 6.05. The van der Waals surface area contributed by atoms with Gasteiger partial charge in [-0.3, -0.25) is 4.79 Å². The normalized spacial score (nSPS) is 10.2. The molecule has 0 bridgehead atoms. The minimum atomic E-state index is -0.0133. The van der Waals surface area contributed by atoms with Crippen LogP contribution in [-0.2, 0) is 4.79 Å². The summed E-state index contributed by atoms with van der Waals surface area (Å²) in [6.07, 6.45) is 1.73. The van der Waals surface area contributed by atoms with E-state index in [1.54, 1.807) is 6.20 Å². The molecule has 3 nitrogen and oxygen atoms in total. The Hall–Kier alpha value is -1.81. The fourth-order valence-corrected chi connectivity index (χ4v) is 2.48. The van der Waals surface area contributed by atoms with Crippen molar-refractivity contribution in [3.63, 3.8) is 0 Å². The number of carbonyl (C=O) groups is 1. The van der Waals surface area contributed by atoms with Gasteiger partial charge in [0.2, 0.25) is 5.91 Å². The van der Waals surface area contributed by atoms with Crippen LogP contribution in [0.15, 0.2) is 47.6 Å². The van der Waals surface area contributed by atoms with Crippen molar-refractivity contribution in [2.24, 2.45) is 0 Å². The monoisotopic (exact) mass is 272 g/mol. The molecule has 0 saturated heterocycles. The number of pyridine rings is 1. The number of hydrogen-bond donors (Lipinski definition) is 1. The fraction of sp³-hybridized carbons (Fsp3) is 0.200. The van der Waals surface area contributed by atoms with Crippen LogP contribution in [-0.4, -0.2) is 16.6 Å². The van der Waals surface area contributed by atoms with Crippen LogP contribution in [0, 0.1) is 13.8 Å². The maximum Gasteiger partial charge on any atom is 0.234 e. The Labute approximate surface area is 117 Å². The molecule has 1 N–H and O–H groups in total. The number of hydrogen-bond acceptors (Lipinski definition) is 3. The highest BCUT2D eigenvalue weighted by molar-refractivity contribution is 7.99. The molecule has 0 aliphatic rings. The van der Waals surface area contributed by atoms with Crippen LogP contribution in [0.4, 0.5) is 5.69 Å². The van der Waals surface area contributed by atoms with Crippen LogP contribution in [0.2, 0.25) is 0 Å². The summed E-state index contributed by atoms with van der Waals surface area (Å²) in [6.45, 7) is 4.04. The third-order valence-electron chi connectivity index (χ3n) is 2.49. The van der Waals surface area contributed by atoms with E-state index in [-0.39, 0.29) is 5.91 Å². The van der Waals surface area contributed by atoms with Crippen LogP contribution in [0.25, 0.3) is 0 Å². The van der Waals surface area contributed by atoms with Crippen molar-refractivity contribution < 1.29 is 4.79 Å². The second kappa shape index (κ2) is 6.38. The van der Waals surface area contributed by atoms with Gasteiger partial charge < -0.3 is 5.32 Å². The number of rotatable bonds is 4. The molecule has 2 rings (SSSR count). The predicted octanol–water partition coefficient (Wildman–Crippen LogP) is 3.43. The van der Waals surface area contributed by atoms with Crippen LogP contribution in [0.5, 0.6) is 0 Å². The number of aromatic nitrogens is 1. The van der Waals surface area contributed by atoms with Crippen molar-refractivity contribution in [1.29, 1.82) is 0 Å². The summed E-state index contributed by atoms with van der Waals surface area (Å²) in [4.78, 5) is 16.0. The van der Waals surface area contributed by atoms with Crippen molar-refractivity contribution in [2.45, 2.75) is 18.9 Å². The van der Waals surface area contributed by atoms with Gasteiger partial charge in [-0.1, -0.05) is 23.9 Å². The number of anilines is 1. The molecule has 4 heteroatoms. The number of amides is 1. The van der Waals surface area contributed by atoms with Crippen molar-refractivity contribution >= 4 is 23.4 Å². The Morgan fingerprint density at radius 2 is 1.95 bits per heavy atom. The lowest BCUT2D eigenvalue weighted by atomic mass is 10.1. The molecule has 0 radical (unpaired) electrons. The fourth-order valence-electron chi connectivity index (χ4n) is 1.82. The SMILES string of the molecule is Cc1cc(C)cc(NC(=O)CSc2ccccn2)c1. The molecule has 0 aliphatic carbocycles. The smallest absolute Gasteiger partial charge is 0.234 e. The Morgan fingerprint density at radius 3 is 2.58 bits per heavy atom. The first-order valence-corrected chi connectivity index (χ1v) is 7.04. The standard InChI is InChI=1S/C15H16N2OS/c1-11-7-12(2)9-13(8-11)17-14(18)10-19-15-5-3-4-6-16-15/h3-9H,10H2,1-2H3,(H,17,18). The lowest BCUT2D eigenvalue weighted by Crippen LogP contribution is -2.14. The average molecular weight is 272 g/mol. The van der Waals surface area contributed by atoms with E-state index < -0.39 is 0 Å². The van der Waals surface area contributed by atoms with Gasteiger partial charge in [0.1, 0.15) is 0 Å². The van der Waals surface area contributed by atoms with Gasteiger partial charge >= 0.3 is 0 Å². The number of thioether (sulfide) groups is 1. The van der Waals surface area contributed by atoms with Gasteiger partial charge in [0, 0.05) is 11.9 Å². The number of nitrogens with zero attached hydrogens (tertiary/aromatic N) is 1. The van der Waals surface area contributed by atoms with E-state index in [4.69, 9.17) is 0 Å². The second-order valence-electron chi connectivity index (χ2n) is 4.38. The van der Waals surface area contributed by atoms with Crippen LogP contribution >= 0.6 is 11.8 Å². The maximum absolute atomic E-state index is 11.8. The number of nitrogens with one attached hydrogen (secondary N) is 1. The predicted molar refractivity (Wildman–Crippen MR) is 79.5 cm³/mol. The number of benzene rings is 1. The molecule has 0 saturated carbocycles. The van der Waals surface area contributed by atoms with Crippen LogP contribution < -0.4 is 5.32 Å². The molecule has 98 valence electrons. The Morgan fingerprint density at radius 1 is 1.21 bits per heavy atom. The van der Waals surface area contributed by atoms with Crippen molar-refractivity contribution in [2.75, 3.05) is 11.1 Å². The molecule has 1 aromatic carbocycles. The maximum atomic E-state index is 11.8. The molecule has 1 amide bonds. The molecule has 19 heavy (non-hydrogen) atoms. The lowest BCUT2D eigenvalue weighted by Gasteiger charge is -2.07. The molecule has 2 aromatic rings. The van der Waals surface area contributed by atoms with Crippen molar-refractivity contribution in [1.82, 2.24) is 4.98 Å². The first-order chi connectivity index (χ1) is 9.13. The third-order valence-corrected chi connectivity index (χ3v) is 3.44. The van der Waals surface area contributed by atoms with E-state index in [2.05, 4.69) is 16.4 Å². The molecule has 1 heterocycles. The molecule has 1 aromatic heterocycles. The van der Waals surface area contributed by atoms with E-state index >= 15 is 0 Å². The molecular formula is C15H16N2OS. The van der Waals surface area contributed by atoms with Gasteiger partial charge in [-0.25, -0.2) is 4.98 Å². The van der Waals surface area contributed by atoms with Gasteiger partial charge in [0.15, 0.2) is 0 Å². The van der Waals surface area contributed by atoms with E-state index in [1.165, 1.54) is 11.8 Å². The summed E-state index contributed by atoms with van der Waals surface area (Å²) >= 11 is 1.43. The Balaban J connectivity index is 1.91. The van der Waals surface area contributed by atoms with E-state index in [0.717, 1.165) is 21.8 Å². The average Bonchev–Trinajstić information content (AvgIpc) is 2.36. The molecule has 0 unspecified atom stereocenters. The summed E-state index contributed by atoms with van der Waals surface area (Å²) in [5.74, 6) is 0.352. The topological polar surface area (TPSA) is 42.0 Å². The second-order valence-corrected chi connectivity index (χ2v) is 5.38. The third kappa shape index (κ3) is 4.41. The van der Waals surface area contributed by atoms with Crippen LogP contribution in [0.1, 0.15) is 11.1 Å². The Kier molecular flexibility index (Phi) is 4.58. The highest BCUT2D eigenvalue weighted by Crippen LogP contribution is 2.16. The zero-order valence-electron chi connectivity index (χ0n) is 11.0. The van der Waals surface area contributed by atoms with Crippen LogP contribution in [0.3, 0.4) is 0 Å². The first kappa shape index (κ1) is 13.6. The highest BCUT2D eigenvalue weighted by Gasteiger charge is 2.05. The Bertz CT molecular complexity index is 549. The van der Waals surface area contributed by atoms with Crippen molar-refractivity contribution in [3.8, 4) is 0 Å². The van der Waals surface area contributed by atoms with Crippen molar-refractivity contribution in [3.05, 3.63) is 53.7 Å². The molecule has 0 aliphatic heterocycles. The minimum absolute atomic E-state index is 0.0133. The zero-order chi connectivity index (χ0) is 13.7. The largest absolute Gasteiger partial charge is 0.325 e. The molecule has 0 fully saturated rings. The lowest BCUT2D eigenvalue weighted by molar-refractivity contribution is -0.113. The van der Waals surface area contributed by atoms with E-state index in [0.29, 0.717) is 5.75 Å². The summed E-state index contributed by atoms with van der Waals surface area (Å²) in [5, 5.41) is 3.77. The zero-order valence-corrected chi connectivity index (χ0v) is 11.8. The molecular weight excluding hydrogens is 256 g/mol. The van der Waals surface area contributed by atoms with Gasteiger partial charge in [-0.2, -0.15) is 0 Å². The van der Waals surface area contributed by atoms with E-state index in [1.807, 2.05) is 44.2 Å². The highest BCUT2D eigenvalue weighted by atomic mass is 32.2. The van der Waals surface area contributed by atoms with Gasteiger partial charge in [0.25, 0.3) is 0 Å². The quantitative estimate of drug-likeness (QED) is 0.867. The molecule has 0 spiro atoms. The number of carbonyl (C=O) groups excluding carboxylic acids is 1. The van der Waals surface area contributed by atoms with E-state index in [9.17, 15) is 4.79 Å². The van der Waals surface area contributed by atoms with Gasteiger partial charge in [0.05, 0.1) is 10.8 Å². The number of aryl methyl sites for hydroxylation is 2. The summed E-state index contributed by atoms with van der Waals surface area (Å²) in [6, 6.07) is 11.7. The molecule has 0 atom stereocenters.